The number of aromatic nitrogens is 2. The number of rotatable bonds is 8. The molecule has 0 saturated carbocycles. The monoisotopic (exact) mass is 266 g/mol. The van der Waals surface area contributed by atoms with E-state index < -0.39 is 0 Å². The van der Waals surface area contributed by atoms with Gasteiger partial charge in [0.05, 0.1) is 0 Å². The van der Waals surface area contributed by atoms with Crippen LogP contribution < -0.4 is 5.32 Å². The molecule has 0 fully saturated rings. The molecule has 4 heteroatoms. The van der Waals surface area contributed by atoms with E-state index in [0.29, 0.717) is 6.04 Å². The topological polar surface area (TPSA) is 33.1 Å². The number of likely N-dealkylation sites (N-methyl/N-ethyl adjacent to an activating group) is 1. The van der Waals surface area contributed by atoms with Gasteiger partial charge in [0.15, 0.2) is 0 Å². The van der Waals surface area contributed by atoms with Crippen LogP contribution >= 0.6 is 0 Å². The highest BCUT2D eigenvalue weighted by Gasteiger charge is 2.34. The maximum absolute atomic E-state index is 4.48. The van der Waals surface area contributed by atoms with E-state index in [9.17, 15) is 0 Å². The molecule has 0 aromatic carbocycles. The van der Waals surface area contributed by atoms with E-state index in [1.165, 1.54) is 0 Å². The zero-order valence-electron chi connectivity index (χ0n) is 13.4. The molecular weight excluding hydrogens is 236 g/mol. The van der Waals surface area contributed by atoms with Crippen molar-refractivity contribution in [3.63, 3.8) is 0 Å². The number of aryl methyl sites for hydroxylation is 1. The van der Waals surface area contributed by atoms with Crippen LogP contribution in [-0.2, 0) is 13.5 Å². The van der Waals surface area contributed by atoms with Crippen LogP contribution in [0.3, 0.4) is 0 Å². The zero-order chi connectivity index (χ0) is 14.5. The fraction of sp³-hybridized carbons (Fsp3) is 0.800. The second-order valence-corrected chi connectivity index (χ2v) is 5.77. The first kappa shape index (κ1) is 16.2. The maximum atomic E-state index is 4.48. The normalized spacial score (nSPS) is 16.6. The van der Waals surface area contributed by atoms with Crippen molar-refractivity contribution in [2.45, 2.75) is 51.6 Å². The van der Waals surface area contributed by atoms with Gasteiger partial charge in [0.25, 0.3) is 0 Å². The van der Waals surface area contributed by atoms with E-state index in [4.69, 9.17) is 0 Å². The van der Waals surface area contributed by atoms with Gasteiger partial charge in [-0.3, -0.25) is 0 Å². The third-order valence-corrected chi connectivity index (χ3v) is 4.44. The summed E-state index contributed by atoms with van der Waals surface area (Å²) in [6.07, 6.45) is 7.14. The molecule has 1 aromatic heterocycles. The number of nitrogens with one attached hydrogen (secondary N) is 1. The average molecular weight is 266 g/mol. The summed E-state index contributed by atoms with van der Waals surface area (Å²) < 4.78 is 2.12. The van der Waals surface area contributed by atoms with Crippen molar-refractivity contribution in [1.29, 1.82) is 0 Å². The fourth-order valence-corrected chi connectivity index (χ4v) is 2.48. The van der Waals surface area contributed by atoms with E-state index in [1.807, 2.05) is 12.4 Å². The number of hydrogen-bond acceptors (Lipinski definition) is 3. The first-order valence-electron chi connectivity index (χ1n) is 7.32. The Morgan fingerprint density at radius 1 is 1.42 bits per heavy atom. The Hall–Kier alpha value is -0.870. The van der Waals surface area contributed by atoms with Gasteiger partial charge in [-0.2, -0.15) is 0 Å². The minimum absolute atomic E-state index is 0.140. The predicted molar refractivity (Wildman–Crippen MR) is 81.4 cm³/mol. The van der Waals surface area contributed by atoms with Gasteiger partial charge in [0.2, 0.25) is 0 Å². The maximum Gasteiger partial charge on any atom is 0.109 e. The minimum atomic E-state index is 0.140. The third kappa shape index (κ3) is 3.80. The lowest BCUT2D eigenvalue weighted by molar-refractivity contribution is 0.111. The van der Waals surface area contributed by atoms with Gasteiger partial charge in [0.1, 0.15) is 5.82 Å². The molecule has 1 heterocycles. The van der Waals surface area contributed by atoms with Gasteiger partial charge in [-0.15, -0.1) is 0 Å². The van der Waals surface area contributed by atoms with Crippen LogP contribution in [0.25, 0.3) is 0 Å². The second kappa shape index (κ2) is 7.06. The molecule has 0 aliphatic carbocycles. The standard InChI is InChI=1S/C15H30N4/c1-7-9-16-13(15(3,8-2)18(4)5)12-14-17-10-11-19(14)6/h10-11,13,16H,7-9,12H2,1-6H3. The quantitative estimate of drug-likeness (QED) is 0.782. The summed E-state index contributed by atoms with van der Waals surface area (Å²) in [4.78, 5) is 6.81. The lowest BCUT2D eigenvalue weighted by Crippen LogP contribution is -2.58. The predicted octanol–water partition coefficient (Wildman–Crippen LogP) is 2.06. The molecule has 0 aliphatic heterocycles. The van der Waals surface area contributed by atoms with Gasteiger partial charge in [-0.05, 0) is 40.4 Å². The largest absolute Gasteiger partial charge is 0.338 e. The highest BCUT2D eigenvalue weighted by Crippen LogP contribution is 2.23. The summed E-state index contributed by atoms with van der Waals surface area (Å²) >= 11 is 0. The highest BCUT2D eigenvalue weighted by atomic mass is 15.2. The third-order valence-electron chi connectivity index (χ3n) is 4.44. The Balaban J connectivity index is 2.90. The Labute approximate surface area is 118 Å². The Kier molecular flexibility index (Phi) is 6.01. The van der Waals surface area contributed by atoms with Gasteiger partial charge in [0, 0.05) is 37.4 Å². The van der Waals surface area contributed by atoms with E-state index in [0.717, 1.165) is 31.6 Å². The van der Waals surface area contributed by atoms with Crippen molar-refractivity contribution in [1.82, 2.24) is 19.8 Å². The van der Waals surface area contributed by atoms with Crippen molar-refractivity contribution >= 4 is 0 Å². The second-order valence-electron chi connectivity index (χ2n) is 5.77. The van der Waals surface area contributed by atoms with Crippen molar-refractivity contribution in [2.75, 3.05) is 20.6 Å². The molecule has 0 aliphatic rings. The number of hydrogen-bond donors (Lipinski definition) is 1. The molecule has 2 atom stereocenters. The van der Waals surface area contributed by atoms with Crippen LogP contribution in [0.5, 0.6) is 0 Å². The lowest BCUT2D eigenvalue weighted by Gasteiger charge is -2.43. The molecule has 0 amide bonds. The summed E-state index contributed by atoms with van der Waals surface area (Å²) in [7, 11) is 6.41. The van der Waals surface area contributed by atoms with Gasteiger partial charge >= 0.3 is 0 Å². The van der Waals surface area contributed by atoms with Crippen LogP contribution in [0.4, 0.5) is 0 Å². The molecule has 19 heavy (non-hydrogen) atoms. The molecule has 4 nitrogen and oxygen atoms in total. The summed E-state index contributed by atoms with van der Waals surface area (Å²) in [5.74, 6) is 1.15. The molecule has 0 bridgehead atoms. The SMILES string of the molecule is CCCNC(Cc1nccn1C)C(C)(CC)N(C)C. The van der Waals surface area contributed by atoms with E-state index in [2.05, 4.69) is 61.7 Å². The van der Waals surface area contributed by atoms with Gasteiger partial charge < -0.3 is 14.8 Å². The van der Waals surface area contributed by atoms with E-state index >= 15 is 0 Å². The molecular formula is C15H30N4. The smallest absolute Gasteiger partial charge is 0.109 e. The Morgan fingerprint density at radius 2 is 2.11 bits per heavy atom. The van der Waals surface area contributed by atoms with E-state index in [1.54, 1.807) is 0 Å². The zero-order valence-corrected chi connectivity index (χ0v) is 13.4. The molecule has 0 radical (unpaired) electrons. The van der Waals surface area contributed by atoms with Crippen LogP contribution in [0.15, 0.2) is 12.4 Å². The van der Waals surface area contributed by atoms with Gasteiger partial charge in [-0.1, -0.05) is 13.8 Å². The highest BCUT2D eigenvalue weighted by molar-refractivity contribution is 5.02. The Bertz CT molecular complexity index is 372. The summed E-state index contributed by atoms with van der Waals surface area (Å²) in [6, 6.07) is 0.411. The molecule has 110 valence electrons. The van der Waals surface area contributed by atoms with Crippen molar-refractivity contribution in [3.8, 4) is 0 Å². The number of nitrogens with zero attached hydrogens (tertiary/aromatic N) is 3. The Morgan fingerprint density at radius 3 is 2.53 bits per heavy atom. The van der Waals surface area contributed by atoms with Crippen LogP contribution in [-0.4, -0.2) is 46.7 Å². The van der Waals surface area contributed by atoms with E-state index in [-0.39, 0.29) is 5.54 Å². The molecule has 0 saturated heterocycles. The summed E-state index contributed by atoms with van der Waals surface area (Å²) in [5.41, 5.74) is 0.140. The molecule has 2 unspecified atom stereocenters. The first-order valence-corrected chi connectivity index (χ1v) is 7.32. The van der Waals surface area contributed by atoms with Gasteiger partial charge in [-0.25, -0.2) is 4.98 Å². The van der Waals surface area contributed by atoms with Crippen molar-refractivity contribution < 1.29 is 0 Å². The van der Waals surface area contributed by atoms with Crippen LogP contribution in [0, 0.1) is 0 Å². The fourth-order valence-electron chi connectivity index (χ4n) is 2.48. The van der Waals surface area contributed by atoms with Crippen LogP contribution in [0.2, 0.25) is 0 Å². The molecule has 0 spiro atoms. The minimum Gasteiger partial charge on any atom is -0.338 e. The average Bonchev–Trinajstić information content (AvgIpc) is 2.78. The van der Waals surface area contributed by atoms with Crippen molar-refractivity contribution in [2.24, 2.45) is 7.05 Å². The lowest BCUT2D eigenvalue weighted by atomic mass is 9.85. The molecule has 1 N–H and O–H groups in total. The molecule has 1 aromatic rings. The summed E-state index contributed by atoms with van der Waals surface area (Å²) in [6.45, 7) is 7.87. The molecule has 1 rings (SSSR count). The summed E-state index contributed by atoms with van der Waals surface area (Å²) in [5, 5.41) is 3.71. The van der Waals surface area contributed by atoms with Crippen molar-refractivity contribution in [3.05, 3.63) is 18.2 Å². The first-order chi connectivity index (χ1) is 8.95. The number of imidazole rings is 1. The van der Waals surface area contributed by atoms with Crippen LogP contribution in [0.1, 0.15) is 39.4 Å².